The minimum absolute atomic E-state index is 0.0460. The molecule has 2 aromatic heterocycles. The molecule has 0 saturated carbocycles. The summed E-state index contributed by atoms with van der Waals surface area (Å²) in [7, 11) is 0. The summed E-state index contributed by atoms with van der Waals surface area (Å²) >= 11 is 0. The van der Waals surface area contributed by atoms with Gasteiger partial charge >= 0.3 is 0 Å². The lowest BCUT2D eigenvalue weighted by Gasteiger charge is -2.13. The molecule has 4 nitrogen and oxygen atoms in total. The molecule has 0 atom stereocenters. The molecule has 0 aliphatic carbocycles. The van der Waals surface area contributed by atoms with E-state index in [1.807, 2.05) is 16.8 Å². The number of aromatic nitrogens is 3. The van der Waals surface area contributed by atoms with E-state index in [2.05, 4.69) is 48.8 Å². The van der Waals surface area contributed by atoms with Gasteiger partial charge in [-0.3, -0.25) is 0 Å². The zero-order valence-electron chi connectivity index (χ0n) is 11.3. The van der Waals surface area contributed by atoms with Crippen LogP contribution in [0.5, 0.6) is 0 Å². The van der Waals surface area contributed by atoms with Crippen LogP contribution in [0.15, 0.2) is 31.1 Å². The monoisotopic (exact) mass is 244 g/mol. The maximum absolute atomic E-state index is 4.59. The zero-order valence-corrected chi connectivity index (χ0v) is 11.3. The smallest absolute Gasteiger partial charge is 0.152 e. The maximum Gasteiger partial charge on any atom is 0.152 e. The van der Waals surface area contributed by atoms with Crippen LogP contribution in [0.4, 0.5) is 5.82 Å². The highest BCUT2D eigenvalue weighted by atomic mass is 15.2. The van der Waals surface area contributed by atoms with Crippen molar-refractivity contribution >= 4 is 11.3 Å². The predicted molar refractivity (Wildman–Crippen MR) is 75.0 cm³/mol. The van der Waals surface area contributed by atoms with Crippen LogP contribution in [0, 0.1) is 0 Å². The summed E-state index contributed by atoms with van der Waals surface area (Å²) in [5, 5.41) is 7.90. The van der Waals surface area contributed by atoms with Gasteiger partial charge in [-0.05, 0) is 12.5 Å². The molecule has 2 heterocycles. The molecule has 0 aliphatic heterocycles. The summed E-state index contributed by atoms with van der Waals surface area (Å²) < 4.78 is 1.88. The second kappa shape index (κ2) is 4.80. The van der Waals surface area contributed by atoms with E-state index in [4.69, 9.17) is 0 Å². The molecule has 0 fully saturated rings. The Balaban J connectivity index is 2.36. The van der Waals surface area contributed by atoms with Gasteiger partial charge in [-0.1, -0.05) is 26.8 Å². The Morgan fingerprint density at radius 3 is 2.89 bits per heavy atom. The van der Waals surface area contributed by atoms with Crippen LogP contribution in [0.1, 0.15) is 32.9 Å². The molecule has 4 heteroatoms. The number of nitrogens with one attached hydrogen (secondary N) is 1. The van der Waals surface area contributed by atoms with E-state index in [-0.39, 0.29) is 5.41 Å². The van der Waals surface area contributed by atoms with E-state index >= 15 is 0 Å². The highest BCUT2D eigenvalue weighted by molar-refractivity contribution is 5.68. The minimum Gasteiger partial charge on any atom is -0.368 e. The first-order valence-electron chi connectivity index (χ1n) is 6.22. The first-order valence-corrected chi connectivity index (χ1v) is 6.22. The molecule has 0 spiro atoms. The van der Waals surface area contributed by atoms with Gasteiger partial charge in [-0.15, -0.1) is 6.58 Å². The Kier molecular flexibility index (Phi) is 3.36. The van der Waals surface area contributed by atoms with Crippen molar-refractivity contribution in [2.24, 2.45) is 0 Å². The van der Waals surface area contributed by atoms with E-state index < -0.39 is 0 Å². The highest BCUT2D eigenvalue weighted by Gasteiger charge is 2.18. The average Bonchev–Trinajstić information content (AvgIpc) is 2.73. The van der Waals surface area contributed by atoms with Gasteiger partial charge in [-0.2, -0.15) is 5.10 Å². The third kappa shape index (κ3) is 2.53. The maximum atomic E-state index is 4.59. The van der Waals surface area contributed by atoms with Crippen molar-refractivity contribution in [2.75, 3.05) is 11.9 Å². The summed E-state index contributed by atoms with van der Waals surface area (Å²) in [5.74, 6) is 0.877. The summed E-state index contributed by atoms with van der Waals surface area (Å²) in [5.41, 5.74) is 2.14. The number of rotatable bonds is 4. The molecule has 0 aliphatic rings. The fourth-order valence-electron chi connectivity index (χ4n) is 1.72. The van der Waals surface area contributed by atoms with Gasteiger partial charge in [0, 0.05) is 24.4 Å². The zero-order chi connectivity index (χ0) is 13.2. The fourth-order valence-corrected chi connectivity index (χ4v) is 1.72. The van der Waals surface area contributed by atoms with Crippen LogP contribution in [0.2, 0.25) is 0 Å². The van der Waals surface area contributed by atoms with E-state index in [0.29, 0.717) is 0 Å². The number of hydrogen-bond acceptors (Lipinski definition) is 3. The van der Waals surface area contributed by atoms with Crippen molar-refractivity contribution in [3.05, 3.63) is 36.8 Å². The molecule has 2 rings (SSSR count). The second-order valence-corrected chi connectivity index (χ2v) is 5.39. The van der Waals surface area contributed by atoms with Crippen LogP contribution >= 0.6 is 0 Å². The first-order chi connectivity index (χ1) is 8.52. The van der Waals surface area contributed by atoms with Gasteiger partial charge in [0.25, 0.3) is 0 Å². The van der Waals surface area contributed by atoms with Crippen molar-refractivity contribution in [2.45, 2.75) is 32.6 Å². The minimum atomic E-state index is 0.0460. The highest BCUT2D eigenvalue weighted by Crippen LogP contribution is 2.24. The number of fused-ring (bicyclic) bond motifs is 1. The van der Waals surface area contributed by atoms with Crippen molar-refractivity contribution in [3.8, 4) is 0 Å². The molecule has 0 unspecified atom stereocenters. The lowest BCUT2D eigenvalue weighted by atomic mass is 9.92. The normalized spacial score (nSPS) is 11.7. The fraction of sp³-hybridized carbons (Fsp3) is 0.429. The Morgan fingerprint density at radius 1 is 1.44 bits per heavy atom. The van der Waals surface area contributed by atoms with Gasteiger partial charge in [0.05, 0.1) is 5.69 Å². The Bertz CT molecular complexity index is 548. The molecule has 0 saturated heterocycles. The van der Waals surface area contributed by atoms with Gasteiger partial charge in [0.15, 0.2) is 5.82 Å². The van der Waals surface area contributed by atoms with Crippen molar-refractivity contribution in [3.63, 3.8) is 0 Å². The summed E-state index contributed by atoms with van der Waals surface area (Å²) in [6.45, 7) is 11.0. The van der Waals surface area contributed by atoms with Crippen molar-refractivity contribution in [1.29, 1.82) is 0 Å². The Hall–Kier alpha value is -1.84. The topological polar surface area (TPSA) is 42.2 Å². The van der Waals surface area contributed by atoms with Crippen molar-refractivity contribution in [1.82, 2.24) is 14.6 Å². The molecule has 18 heavy (non-hydrogen) atoms. The van der Waals surface area contributed by atoms with Gasteiger partial charge in [0.2, 0.25) is 0 Å². The molecule has 0 bridgehead atoms. The largest absolute Gasteiger partial charge is 0.368 e. The standard InChI is InChI=1S/C14H20N4/c1-5-6-7-15-13-11-10-12(14(2,3)4)17-18(11)9-8-16-13/h5,8-10H,1,6-7H2,2-4H3,(H,15,16). The summed E-state index contributed by atoms with van der Waals surface area (Å²) in [6, 6.07) is 2.10. The van der Waals surface area contributed by atoms with Crippen molar-refractivity contribution < 1.29 is 0 Å². The van der Waals surface area contributed by atoms with E-state index in [1.165, 1.54) is 0 Å². The van der Waals surface area contributed by atoms with Crippen LogP contribution in [-0.2, 0) is 5.41 Å². The lowest BCUT2D eigenvalue weighted by molar-refractivity contribution is 0.562. The average molecular weight is 244 g/mol. The summed E-state index contributed by atoms with van der Waals surface area (Å²) in [6.07, 6.45) is 6.46. The molecule has 96 valence electrons. The van der Waals surface area contributed by atoms with Gasteiger partial charge in [0.1, 0.15) is 5.52 Å². The lowest BCUT2D eigenvalue weighted by Crippen LogP contribution is -2.11. The first kappa shape index (κ1) is 12.6. The van der Waals surface area contributed by atoms with E-state index in [0.717, 1.165) is 30.0 Å². The molecule has 0 amide bonds. The third-order valence-electron chi connectivity index (χ3n) is 2.80. The molecular formula is C14H20N4. The van der Waals surface area contributed by atoms with Crippen LogP contribution in [-0.4, -0.2) is 21.1 Å². The van der Waals surface area contributed by atoms with Gasteiger partial charge in [-0.25, -0.2) is 9.50 Å². The molecule has 0 radical (unpaired) electrons. The van der Waals surface area contributed by atoms with E-state index in [9.17, 15) is 0 Å². The molecular weight excluding hydrogens is 224 g/mol. The Labute approximate surface area is 108 Å². The number of hydrogen-bond donors (Lipinski definition) is 1. The summed E-state index contributed by atoms with van der Waals surface area (Å²) in [4.78, 5) is 4.37. The second-order valence-electron chi connectivity index (χ2n) is 5.39. The molecule has 1 N–H and O–H groups in total. The van der Waals surface area contributed by atoms with Crippen LogP contribution in [0.3, 0.4) is 0 Å². The Morgan fingerprint density at radius 2 is 2.22 bits per heavy atom. The number of anilines is 1. The third-order valence-corrected chi connectivity index (χ3v) is 2.80. The van der Waals surface area contributed by atoms with E-state index in [1.54, 1.807) is 6.20 Å². The quantitative estimate of drug-likeness (QED) is 0.664. The molecule has 2 aromatic rings. The van der Waals surface area contributed by atoms with Crippen LogP contribution in [0.25, 0.3) is 5.52 Å². The molecule has 0 aromatic carbocycles. The number of nitrogens with zero attached hydrogens (tertiary/aromatic N) is 3. The predicted octanol–water partition coefficient (Wildman–Crippen LogP) is 3.01. The SMILES string of the molecule is C=CCCNc1nccn2nc(C(C)(C)C)cc12. The van der Waals surface area contributed by atoms with Gasteiger partial charge < -0.3 is 5.32 Å². The van der Waals surface area contributed by atoms with Crippen LogP contribution < -0.4 is 5.32 Å².